The van der Waals surface area contributed by atoms with Gasteiger partial charge in [-0.15, -0.1) is 12.3 Å². The quantitative estimate of drug-likeness (QED) is 0.302. The Morgan fingerprint density at radius 1 is 1.83 bits per heavy atom. The molecule has 0 aromatic heterocycles. The second kappa shape index (κ2) is 4.91. The van der Waals surface area contributed by atoms with E-state index < -0.39 is 0 Å². The van der Waals surface area contributed by atoms with Crippen molar-refractivity contribution in [2.75, 3.05) is 0 Å². The molecule has 1 radical (unpaired) electrons. The minimum atomic E-state index is 0.809. The normalized spacial score (nSPS) is 7.33. The summed E-state index contributed by atoms with van der Waals surface area (Å²) in [6.07, 6.45) is 6.64. The first-order chi connectivity index (χ1) is 2.91. The molecule has 0 aromatic rings. The number of rotatable bonds is 2. The zero-order chi connectivity index (χ0) is 4.83. The van der Waals surface area contributed by atoms with Gasteiger partial charge in [0.05, 0.1) is 0 Å². The molecule has 0 bridgehead atoms. The molecule has 6 heavy (non-hydrogen) atoms. The third-order valence-corrected chi connectivity index (χ3v) is 0.676. The van der Waals surface area contributed by atoms with Gasteiger partial charge in [0, 0.05) is 12.2 Å². The molecule has 0 atom stereocenters. The van der Waals surface area contributed by atoms with Crippen molar-refractivity contribution in [3.8, 4) is 12.3 Å². The number of unbranched alkanes of at least 4 members (excludes halogenated alkanes) is 1. The lowest BCUT2D eigenvalue weighted by Crippen LogP contribution is -1.61. The topological polar surface area (TPSA) is 0 Å². The molecule has 0 unspecified atom stereocenters. The van der Waals surface area contributed by atoms with Crippen LogP contribution in [0.2, 0.25) is 0 Å². The number of thiol groups is 1. The molecule has 0 aliphatic rings. The Hall–Kier alpha value is -0.0900. The fraction of sp³-hybridized carbons (Fsp3) is 0.400. The van der Waals surface area contributed by atoms with E-state index in [0.29, 0.717) is 0 Å². The van der Waals surface area contributed by atoms with E-state index in [0.717, 1.165) is 12.8 Å². The molecular formula is C5H7S. The summed E-state index contributed by atoms with van der Waals surface area (Å²) in [7, 11) is 0. The third kappa shape index (κ3) is 3.91. The van der Waals surface area contributed by atoms with Crippen LogP contribution in [0.3, 0.4) is 0 Å². The standard InChI is InChI=1S/C5H7S/c1-2-3-4-5-6/h1,5-6H,3-4H2. The smallest absolute Gasteiger partial charge is 0.0143 e. The van der Waals surface area contributed by atoms with E-state index in [9.17, 15) is 0 Å². The maximum atomic E-state index is 4.91. The van der Waals surface area contributed by atoms with Crippen molar-refractivity contribution in [2.24, 2.45) is 0 Å². The summed E-state index contributed by atoms with van der Waals surface area (Å²) in [5, 5.41) is 0. The van der Waals surface area contributed by atoms with Gasteiger partial charge in [-0.05, 0) is 6.42 Å². The van der Waals surface area contributed by atoms with E-state index >= 15 is 0 Å². The van der Waals surface area contributed by atoms with Gasteiger partial charge < -0.3 is 0 Å². The molecule has 0 amide bonds. The lowest BCUT2D eigenvalue weighted by atomic mass is 10.4. The van der Waals surface area contributed by atoms with Gasteiger partial charge in [0.1, 0.15) is 0 Å². The van der Waals surface area contributed by atoms with Crippen molar-refractivity contribution in [1.29, 1.82) is 0 Å². The van der Waals surface area contributed by atoms with Crippen LogP contribution in [0.5, 0.6) is 0 Å². The van der Waals surface area contributed by atoms with Crippen LogP contribution in [0.4, 0.5) is 0 Å². The minimum Gasteiger partial charge on any atom is -0.175 e. The Morgan fingerprint density at radius 2 is 2.50 bits per heavy atom. The molecule has 0 aliphatic carbocycles. The molecule has 1 heteroatoms. The Labute approximate surface area is 44.4 Å². The van der Waals surface area contributed by atoms with Crippen LogP contribution in [0.15, 0.2) is 0 Å². The first-order valence-corrected chi connectivity index (χ1v) is 2.33. The van der Waals surface area contributed by atoms with Crippen molar-refractivity contribution in [2.45, 2.75) is 12.8 Å². The van der Waals surface area contributed by atoms with Crippen LogP contribution in [0.1, 0.15) is 12.8 Å². The highest BCUT2D eigenvalue weighted by Gasteiger charge is 1.72. The predicted octanol–water partition coefficient (Wildman–Crippen LogP) is 1.49. The summed E-state index contributed by atoms with van der Waals surface area (Å²) in [5.41, 5.74) is 0. The van der Waals surface area contributed by atoms with Gasteiger partial charge in [-0.2, -0.15) is 12.6 Å². The molecule has 0 fully saturated rings. The molecule has 0 saturated heterocycles. The van der Waals surface area contributed by atoms with Crippen molar-refractivity contribution in [3.63, 3.8) is 0 Å². The van der Waals surface area contributed by atoms with Gasteiger partial charge in [-0.25, -0.2) is 0 Å². The molecule has 33 valence electrons. The maximum Gasteiger partial charge on any atom is 0.0143 e. The Kier molecular flexibility index (Phi) is 4.84. The molecule has 0 saturated carbocycles. The summed E-state index contributed by atoms with van der Waals surface area (Å²) in [4.78, 5) is 0. The van der Waals surface area contributed by atoms with Gasteiger partial charge in [0.15, 0.2) is 0 Å². The average Bonchev–Trinajstić information content (AvgIpc) is 1.61. The first-order valence-electron chi connectivity index (χ1n) is 1.81. The van der Waals surface area contributed by atoms with Crippen molar-refractivity contribution in [3.05, 3.63) is 5.75 Å². The van der Waals surface area contributed by atoms with Crippen molar-refractivity contribution < 1.29 is 0 Å². The van der Waals surface area contributed by atoms with E-state index in [1.807, 2.05) is 0 Å². The summed E-state index contributed by atoms with van der Waals surface area (Å²) < 4.78 is 0. The fourth-order valence-corrected chi connectivity index (χ4v) is 0.277. The van der Waals surface area contributed by atoms with Gasteiger partial charge in [0.25, 0.3) is 0 Å². The van der Waals surface area contributed by atoms with Crippen LogP contribution in [0, 0.1) is 18.1 Å². The lowest BCUT2D eigenvalue weighted by Gasteiger charge is -1.78. The van der Waals surface area contributed by atoms with Crippen LogP contribution < -0.4 is 0 Å². The largest absolute Gasteiger partial charge is 0.175 e. The van der Waals surface area contributed by atoms with Gasteiger partial charge in [0.2, 0.25) is 0 Å². The Bertz CT molecular complexity index is 51.4. The van der Waals surface area contributed by atoms with Gasteiger partial charge in [-0.1, -0.05) is 0 Å². The van der Waals surface area contributed by atoms with Crippen LogP contribution in [0.25, 0.3) is 0 Å². The maximum absolute atomic E-state index is 4.91. The van der Waals surface area contributed by atoms with Crippen LogP contribution >= 0.6 is 12.6 Å². The molecule has 0 aromatic carbocycles. The molecule has 0 spiro atoms. The Balaban J connectivity index is 2.54. The van der Waals surface area contributed by atoms with Crippen molar-refractivity contribution >= 4 is 12.6 Å². The second-order valence-electron chi connectivity index (χ2n) is 0.925. The van der Waals surface area contributed by atoms with E-state index in [4.69, 9.17) is 6.42 Å². The molecular weight excluding hydrogens is 92.1 g/mol. The van der Waals surface area contributed by atoms with E-state index in [1.165, 1.54) is 0 Å². The molecule has 0 N–H and O–H groups in total. The first kappa shape index (κ1) is 5.91. The molecule has 0 nitrogen and oxygen atoms in total. The highest BCUT2D eigenvalue weighted by atomic mass is 32.1. The van der Waals surface area contributed by atoms with E-state index in [1.54, 1.807) is 5.75 Å². The summed E-state index contributed by atoms with van der Waals surface area (Å²) in [5.74, 6) is 4.25. The SMILES string of the molecule is C#CCC[CH]S. The summed E-state index contributed by atoms with van der Waals surface area (Å²) in [6.45, 7) is 0. The highest BCUT2D eigenvalue weighted by molar-refractivity contribution is 7.82. The van der Waals surface area contributed by atoms with Crippen molar-refractivity contribution in [1.82, 2.24) is 0 Å². The van der Waals surface area contributed by atoms with Crippen LogP contribution in [-0.4, -0.2) is 0 Å². The lowest BCUT2D eigenvalue weighted by molar-refractivity contribution is 1.07. The van der Waals surface area contributed by atoms with Gasteiger partial charge >= 0.3 is 0 Å². The van der Waals surface area contributed by atoms with Gasteiger partial charge in [-0.3, -0.25) is 0 Å². The number of hydrogen-bond donors (Lipinski definition) is 1. The predicted molar refractivity (Wildman–Crippen MR) is 31.4 cm³/mol. The number of terminal acetylenes is 1. The molecule has 0 heterocycles. The zero-order valence-corrected chi connectivity index (χ0v) is 4.41. The van der Waals surface area contributed by atoms with Crippen LogP contribution in [-0.2, 0) is 0 Å². The molecule has 0 aliphatic heterocycles. The average molecular weight is 99.2 g/mol. The fourth-order valence-electron chi connectivity index (χ4n) is 0.148. The third-order valence-electron chi connectivity index (χ3n) is 0.418. The minimum absolute atomic E-state index is 0.809. The monoisotopic (exact) mass is 99.0 g/mol. The second-order valence-corrected chi connectivity index (χ2v) is 1.29. The highest BCUT2D eigenvalue weighted by Crippen LogP contribution is 1.92. The Morgan fingerprint density at radius 3 is 2.67 bits per heavy atom. The van der Waals surface area contributed by atoms with E-state index in [-0.39, 0.29) is 0 Å². The summed E-state index contributed by atoms with van der Waals surface area (Å²) >= 11 is 3.83. The zero-order valence-electron chi connectivity index (χ0n) is 3.52. The number of hydrogen-bond acceptors (Lipinski definition) is 1. The van der Waals surface area contributed by atoms with E-state index in [2.05, 4.69) is 18.5 Å². The summed E-state index contributed by atoms with van der Waals surface area (Å²) in [6, 6.07) is 0. The molecule has 0 rings (SSSR count).